The average molecular weight is 266 g/mol. The highest BCUT2D eigenvalue weighted by Crippen LogP contribution is 2.16. The van der Waals surface area contributed by atoms with E-state index >= 15 is 0 Å². The van der Waals surface area contributed by atoms with Gasteiger partial charge in [-0.3, -0.25) is 0 Å². The van der Waals surface area contributed by atoms with E-state index in [1.165, 1.54) is 4.31 Å². The van der Waals surface area contributed by atoms with Crippen LogP contribution < -0.4 is 5.73 Å². The summed E-state index contributed by atoms with van der Waals surface area (Å²) in [6.45, 7) is 3.46. The van der Waals surface area contributed by atoms with E-state index in [-0.39, 0.29) is 16.8 Å². The number of ether oxygens (including phenoxy) is 1. The molecule has 1 atom stereocenters. The first kappa shape index (κ1) is 13.8. The third kappa shape index (κ3) is 3.97. The molecule has 94 valence electrons. The maximum Gasteiger partial charge on any atom is 0.220 e. The maximum atomic E-state index is 11.8. The van der Waals surface area contributed by atoms with Crippen LogP contribution in [-0.2, 0) is 14.8 Å². The average Bonchev–Trinajstić information content (AvgIpc) is 2.16. The van der Waals surface area contributed by atoms with Crippen LogP contribution in [0.2, 0.25) is 0 Å². The zero-order valence-corrected chi connectivity index (χ0v) is 11.0. The Balaban J connectivity index is 2.62. The molecular weight excluding hydrogens is 248 g/mol. The molecule has 0 aromatic heterocycles. The van der Waals surface area contributed by atoms with Gasteiger partial charge in [-0.05, 0) is 19.8 Å². The molecule has 0 aromatic carbocycles. The van der Waals surface area contributed by atoms with Crippen LogP contribution in [0.3, 0.4) is 0 Å². The van der Waals surface area contributed by atoms with Gasteiger partial charge >= 0.3 is 0 Å². The largest absolute Gasteiger partial charge is 0.392 e. The lowest BCUT2D eigenvalue weighted by molar-refractivity contribution is 0.0266. The van der Waals surface area contributed by atoms with E-state index in [2.05, 4.69) is 12.2 Å². The molecule has 7 heteroatoms. The molecule has 1 unspecified atom stereocenters. The highest BCUT2D eigenvalue weighted by Gasteiger charge is 2.29. The summed E-state index contributed by atoms with van der Waals surface area (Å²) in [5.41, 5.74) is 5.27. The van der Waals surface area contributed by atoms with Crippen LogP contribution in [0.5, 0.6) is 0 Å². The van der Waals surface area contributed by atoms with Crippen LogP contribution in [0, 0.1) is 0 Å². The molecule has 0 spiro atoms. The molecule has 1 aliphatic rings. The van der Waals surface area contributed by atoms with Gasteiger partial charge in [0.25, 0.3) is 0 Å². The van der Waals surface area contributed by atoms with E-state index < -0.39 is 10.0 Å². The SMILES string of the molecule is CCOC1CCCN(S(=O)(=O)CC(N)=S)C1. The second kappa shape index (κ2) is 5.90. The third-order valence-corrected chi connectivity index (χ3v) is 4.58. The zero-order valence-electron chi connectivity index (χ0n) is 9.39. The van der Waals surface area contributed by atoms with Crippen molar-refractivity contribution >= 4 is 27.2 Å². The van der Waals surface area contributed by atoms with Crippen molar-refractivity contribution in [3.8, 4) is 0 Å². The Hall–Kier alpha value is -0.240. The fourth-order valence-corrected chi connectivity index (χ4v) is 3.59. The second-order valence-electron chi connectivity index (χ2n) is 3.80. The van der Waals surface area contributed by atoms with E-state index in [1.807, 2.05) is 6.92 Å². The van der Waals surface area contributed by atoms with Crippen molar-refractivity contribution in [3.63, 3.8) is 0 Å². The normalized spacial score (nSPS) is 23.2. The molecule has 1 saturated heterocycles. The first-order chi connectivity index (χ1) is 7.45. The van der Waals surface area contributed by atoms with Crippen molar-refractivity contribution < 1.29 is 13.2 Å². The van der Waals surface area contributed by atoms with Gasteiger partial charge in [-0.25, -0.2) is 8.42 Å². The van der Waals surface area contributed by atoms with Crippen LogP contribution in [0.1, 0.15) is 19.8 Å². The molecule has 0 amide bonds. The lowest BCUT2D eigenvalue weighted by atomic mass is 10.1. The van der Waals surface area contributed by atoms with Crippen molar-refractivity contribution in [2.75, 3.05) is 25.4 Å². The molecule has 0 bridgehead atoms. The van der Waals surface area contributed by atoms with Crippen LogP contribution in [0.25, 0.3) is 0 Å². The lowest BCUT2D eigenvalue weighted by Gasteiger charge is -2.31. The number of piperidine rings is 1. The summed E-state index contributed by atoms with van der Waals surface area (Å²) in [4.78, 5) is 0.0125. The molecule has 0 aliphatic carbocycles. The van der Waals surface area contributed by atoms with Crippen LogP contribution >= 0.6 is 12.2 Å². The first-order valence-corrected chi connectivity index (χ1v) is 7.35. The van der Waals surface area contributed by atoms with Gasteiger partial charge in [-0.2, -0.15) is 4.31 Å². The van der Waals surface area contributed by atoms with Gasteiger partial charge in [-0.15, -0.1) is 0 Å². The Morgan fingerprint density at radius 2 is 2.31 bits per heavy atom. The van der Waals surface area contributed by atoms with Gasteiger partial charge in [-0.1, -0.05) is 12.2 Å². The molecular formula is C9H18N2O3S2. The van der Waals surface area contributed by atoms with E-state index in [0.717, 1.165) is 12.8 Å². The number of hydrogen-bond donors (Lipinski definition) is 1. The van der Waals surface area contributed by atoms with Crippen molar-refractivity contribution in [1.29, 1.82) is 0 Å². The summed E-state index contributed by atoms with van der Waals surface area (Å²) in [5.74, 6) is -0.249. The van der Waals surface area contributed by atoms with Gasteiger partial charge in [0, 0.05) is 19.7 Å². The lowest BCUT2D eigenvalue weighted by Crippen LogP contribution is -2.45. The number of nitrogens with zero attached hydrogens (tertiary/aromatic N) is 1. The highest BCUT2D eigenvalue weighted by atomic mass is 32.2. The third-order valence-electron chi connectivity index (χ3n) is 2.46. The second-order valence-corrected chi connectivity index (χ2v) is 6.29. The molecule has 1 rings (SSSR count). The van der Waals surface area contributed by atoms with E-state index in [4.69, 9.17) is 10.5 Å². The van der Waals surface area contributed by atoms with Crippen LogP contribution in [-0.4, -0.2) is 49.3 Å². The number of sulfonamides is 1. The summed E-state index contributed by atoms with van der Waals surface area (Å²) in [6.07, 6.45) is 1.73. The molecule has 1 aliphatic heterocycles. The number of nitrogens with two attached hydrogens (primary N) is 1. The molecule has 0 saturated carbocycles. The Morgan fingerprint density at radius 3 is 2.88 bits per heavy atom. The van der Waals surface area contributed by atoms with E-state index in [0.29, 0.717) is 19.7 Å². The van der Waals surface area contributed by atoms with Crippen molar-refractivity contribution in [2.45, 2.75) is 25.9 Å². The monoisotopic (exact) mass is 266 g/mol. The molecule has 0 aromatic rings. The maximum absolute atomic E-state index is 11.8. The number of hydrogen-bond acceptors (Lipinski definition) is 4. The molecule has 5 nitrogen and oxygen atoms in total. The van der Waals surface area contributed by atoms with Gasteiger partial charge in [0.2, 0.25) is 10.0 Å². The quantitative estimate of drug-likeness (QED) is 0.715. The van der Waals surface area contributed by atoms with Crippen LogP contribution in [0.4, 0.5) is 0 Å². The van der Waals surface area contributed by atoms with Gasteiger partial charge in [0.1, 0.15) is 5.75 Å². The molecule has 16 heavy (non-hydrogen) atoms. The number of rotatable bonds is 5. The summed E-state index contributed by atoms with van der Waals surface area (Å²) in [5, 5.41) is 0. The molecule has 2 N–H and O–H groups in total. The molecule has 0 radical (unpaired) electrons. The van der Waals surface area contributed by atoms with E-state index in [1.54, 1.807) is 0 Å². The van der Waals surface area contributed by atoms with Crippen molar-refractivity contribution in [3.05, 3.63) is 0 Å². The fraction of sp³-hybridized carbons (Fsp3) is 0.889. The fourth-order valence-electron chi connectivity index (χ4n) is 1.80. The topological polar surface area (TPSA) is 72.6 Å². The van der Waals surface area contributed by atoms with Crippen LogP contribution in [0.15, 0.2) is 0 Å². The standard InChI is InChI=1S/C9H18N2O3S2/c1-2-14-8-4-3-5-11(6-8)16(12,13)7-9(10)15/h8H,2-7H2,1H3,(H2,10,15). The highest BCUT2D eigenvalue weighted by molar-refractivity contribution is 7.92. The van der Waals surface area contributed by atoms with Gasteiger partial charge in [0.15, 0.2) is 0 Å². The van der Waals surface area contributed by atoms with Gasteiger partial charge in [0.05, 0.1) is 11.1 Å². The zero-order chi connectivity index (χ0) is 12.2. The molecule has 1 fully saturated rings. The minimum absolute atomic E-state index is 0.000120. The Morgan fingerprint density at radius 1 is 1.62 bits per heavy atom. The minimum Gasteiger partial charge on any atom is -0.392 e. The Bertz CT molecular complexity index is 341. The predicted molar refractivity (Wildman–Crippen MR) is 66.8 cm³/mol. The summed E-state index contributed by atoms with van der Waals surface area (Å²) < 4.78 is 30.6. The number of thiocarbonyl (C=S) groups is 1. The Labute approximate surface area is 102 Å². The first-order valence-electron chi connectivity index (χ1n) is 5.33. The summed E-state index contributed by atoms with van der Waals surface area (Å²) in [7, 11) is -3.35. The van der Waals surface area contributed by atoms with Gasteiger partial charge < -0.3 is 10.5 Å². The predicted octanol–water partition coefficient (Wildman–Crippen LogP) is 0.103. The van der Waals surface area contributed by atoms with Crippen molar-refractivity contribution in [2.24, 2.45) is 5.73 Å². The summed E-state index contributed by atoms with van der Waals surface area (Å²) in [6, 6.07) is 0. The van der Waals surface area contributed by atoms with E-state index in [9.17, 15) is 8.42 Å². The van der Waals surface area contributed by atoms with Crippen molar-refractivity contribution in [1.82, 2.24) is 4.31 Å². The summed E-state index contributed by atoms with van der Waals surface area (Å²) >= 11 is 4.63. The minimum atomic E-state index is -3.35. The smallest absolute Gasteiger partial charge is 0.220 e. The Kier molecular flexibility index (Phi) is 5.10. The molecule has 1 heterocycles.